The lowest BCUT2D eigenvalue weighted by molar-refractivity contribution is -0.153. The number of aliphatic hydroxyl groups is 2. The second-order valence-electron chi connectivity index (χ2n) is 5.06. The first-order valence-corrected chi connectivity index (χ1v) is 7.65. The third-order valence-corrected chi connectivity index (χ3v) is 3.19. The normalized spacial score (nSPS) is 10.9. The van der Waals surface area contributed by atoms with Crippen molar-refractivity contribution in [2.24, 2.45) is 0 Å². The predicted octanol–water partition coefficient (Wildman–Crippen LogP) is 2.80. The van der Waals surface area contributed by atoms with Crippen molar-refractivity contribution in [3.8, 4) is 0 Å². The molecule has 0 heterocycles. The highest BCUT2D eigenvalue weighted by atomic mass is 16.6. The lowest BCUT2D eigenvalue weighted by atomic mass is 10.1. The van der Waals surface area contributed by atoms with E-state index in [1.54, 1.807) is 0 Å². The Morgan fingerprint density at radius 1 is 0.895 bits per heavy atom. The van der Waals surface area contributed by atoms with Crippen molar-refractivity contribution in [3.05, 3.63) is 0 Å². The Kier molecular flexibility index (Phi) is 13.4. The van der Waals surface area contributed by atoms with Crippen LogP contribution in [0, 0.1) is 0 Å². The molecule has 0 spiro atoms. The summed E-state index contributed by atoms with van der Waals surface area (Å²) < 4.78 is 4.88. The highest BCUT2D eigenvalue weighted by Gasteiger charge is 2.11. The van der Waals surface area contributed by atoms with Gasteiger partial charge in [0.1, 0.15) is 6.10 Å². The molecule has 0 unspecified atom stereocenters. The summed E-state index contributed by atoms with van der Waals surface area (Å²) in [7, 11) is 0. The van der Waals surface area contributed by atoms with E-state index < -0.39 is 6.10 Å². The molecule has 19 heavy (non-hydrogen) atoms. The van der Waals surface area contributed by atoms with Gasteiger partial charge in [0, 0.05) is 6.42 Å². The van der Waals surface area contributed by atoms with Crippen LogP contribution in [-0.2, 0) is 9.53 Å². The third-order valence-electron chi connectivity index (χ3n) is 3.19. The zero-order valence-electron chi connectivity index (χ0n) is 12.3. The van der Waals surface area contributed by atoms with E-state index in [2.05, 4.69) is 6.92 Å². The minimum atomic E-state index is -0.758. The molecule has 0 atom stereocenters. The first-order chi connectivity index (χ1) is 9.24. The fourth-order valence-corrected chi connectivity index (χ4v) is 1.96. The van der Waals surface area contributed by atoms with Gasteiger partial charge in [0.15, 0.2) is 0 Å². The molecule has 0 aromatic rings. The van der Waals surface area contributed by atoms with Crippen LogP contribution >= 0.6 is 0 Å². The quantitative estimate of drug-likeness (QED) is 0.400. The Bertz CT molecular complexity index is 202. The fourth-order valence-electron chi connectivity index (χ4n) is 1.96. The van der Waals surface area contributed by atoms with E-state index in [1.807, 2.05) is 0 Å². The number of carbonyl (C=O) groups is 1. The van der Waals surface area contributed by atoms with Crippen molar-refractivity contribution < 1.29 is 19.7 Å². The Labute approximate surface area is 117 Å². The van der Waals surface area contributed by atoms with E-state index in [9.17, 15) is 4.79 Å². The number of esters is 1. The molecule has 4 nitrogen and oxygen atoms in total. The van der Waals surface area contributed by atoms with Crippen molar-refractivity contribution in [2.75, 3.05) is 13.2 Å². The van der Waals surface area contributed by atoms with Crippen molar-refractivity contribution in [1.82, 2.24) is 0 Å². The van der Waals surface area contributed by atoms with E-state index in [0.717, 1.165) is 12.8 Å². The molecule has 0 saturated heterocycles. The molecule has 0 aromatic carbocycles. The molecule has 0 fully saturated rings. The van der Waals surface area contributed by atoms with Gasteiger partial charge in [0.2, 0.25) is 0 Å². The van der Waals surface area contributed by atoms with Crippen LogP contribution in [0.4, 0.5) is 0 Å². The summed E-state index contributed by atoms with van der Waals surface area (Å²) in [6.07, 6.45) is 10.5. The van der Waals surface area contributed by atoms with Gasteiger partial charge < -0.3 is 14.9 Å². The van der Waals surface area contributed by atoms with Crippen molar-refractivity contribution >= 4 is 5.97 Å². The maximum atomic E-state index is 11.3. The molecule has 0 rings (SSSR count). The summed E-state index contributed by atoms with van der Waals surface area (Å²) >= 11 is 0. The van der Waals surface area contributed by atoms with Crippen LogP contribution in [0.5, 0.6) is 0 Å². The fraction of sp³-hybridized carbons (Fsp3) is 0.933. The van der Waals surface area contributed by atoms with Gasteiger partial charge in [-0.1, -0.05) is 58.3 Å². The number of carbonyl (C=O) groups excluding carboxylic acids is 1. The van der Waals surface area contributed by atoms with Gasteiger partial charge in [-0.25, -0.2) is 0 Å². The first-order valence-electron chi connectivity index (χ1n) is 7.65. The van der Waals surface area contributed by atoms with Crippen LogP contribution in [0.1, 0.15) is 71.1 Å². The monoisotopic (exact) mass is 274 g/mol. The molecule has 4 heteroatoms. The van der Waals surface area contributed by atoms with Crippen LogP contribution in [0.15, 0.2) is 0 Å². The van der Waals surface area contributed by atoms with Gasteiger partial charge in [-0.15, -0.1) is 0 Å². The smallest absolute Gasteiger partial charge is 0.306 e. The molecule has 2 N–H and O–H groups in total. The average molecular weight is 274 g/mol. The summed E-state index contributed by atoms with van der Waals surface area (Å²) in [4.78, 5) is 11.3. The zero-order valence-corrected chi connectivity index (χ0v) is 12.3. The van der Waals surface area contributed by atoms with Crippen molar-refractivity contribution in [3.63, 3.8) is 0 Å². The molecule has 0 aromatic heterocycles. The Hall–Kier alpha value is -0.610. The highest BCUT2D eigenvalue weighted by Crippen LogP contribution is 2.11. The molecule has 0 aliphatic heterocycles. The SMILES string of the molecule is CCCCCCCCCCCC(=O)OC(CO)CO. The lowest BCUT2D eigenvalue weighted by Gasteiger charge is -2.12. The third kappa shape index (κ3) is 12.2. The molecule has 0 bridgehead atoms. The second kappa shape index (κ2) is 13.8. The summed E-state index contributed by atoms with van der Waals surface area (Å²) in [5.74, 6) is -0.323. The molecule has 0 aliphatic rings. The zero-order chi connectivity index (χ0) is 14.3. The van der Waals surface area contributed by atoms with E-state index in [-0.39, 0.29) is 19.2 Å². The molecular weight excluding hydrogens is 244 g/mol. The van der Waals surface area contributed by atoms with Gasteiger partial charge in [0.05, 0.1) is 13.2 Å². The number of ether oxygens (including phenoxy) is 1. The van der Waals surface area contributed by atoms with Crippen LogP contribution in [0.25, 0.3) is 0 Å². The highest BCUT2D eigenvalue weighted by molar-refractivity contribution is 5.69. The maximum absolute atomic E-state index is 11.3. The number of hydrogen-bond donors (Lipinski definition) is 2. The number of unbranched alkanes of at least 4 members (excludes halogenated alkanes) is 8. The maximum Gasteiger partial charge on any atom is 0.306 e. The molecule has 0 radical (unpaired) electrons. The van der Waals surface area contributed by atoms with E-state index in [4.69, 9.17) is 14.9 Å². The Morgan fingerprint density at radius 2 is 1.37 bits per heavy atom. The van der Waals surface area contributed by atoms with E-state index in [1.165, 1.54) is 44.9 Å². The van der Waals surface area contributed by atoms with Gasteiger partial charge in [0.25, 0.3) is 0 Å². The van der Waals surface area contributed by atoms with Crippen molar-refractivity contribution in [2.45, 2.75) is 77.2 Å². The molecular formula is C15H30O4. The number of aliphatic hydroxyl groups excluding tert-OH is 2. The largest absolute Gasteiger partial charge is 0.457 e. The van der Waals surface area contributed by atoms with Gasteiger partial charge in [-0.2, -0.15) is 0 Å². The van der Waals surface area contributed by atoms with Gasteiger partial charge in [-0.3, -0.25) is 4.79 Å². The predicted molar refractivity (Wildman–Crippen MR) is 75.9 cm³/mol. The summed E-state index contributed by atoms with van der Waals surface area (Å²) in [6, 6.07) is 0. The van der Waals surface area contributed by atoms with Crippen molar-refractivity contribution in [1.29, 1.82) is 0 Å². The average Bonchev–Trinajstić information content (AvgIpc) is 2.43. The molecule has 0 amide bonds. The van der Waals surface area contributed by atoms with Crippen LogP contribution in [-0.4, -0.2) is 35.5 Å². The second-order valence-corrected chi connectivity index (χ2v) is 5.06. The molecule has 114 valence electrons. The number of rotatable bonds is 13. The molecule has 0 saturated carbocycles. The summed E-state index contributed by atoms with van der Waals surface area (Å²) in [5, 5.41) is 17.5. The topological polar surface area (TPSA) is 66.8 Å². The minimum absolute atomic E-state index is 0.319. The number of hydrogen-bond acceptors (Lipinski definition) is 4. The standard InChI is InChI=1S/C15H30O4/c1-2-3-4-5-6-7-8-9-10-11-15(18)19-14(12-16)13-17/h14,16-17H,2-13H2,1H3. The van der Waals surface area contributed by atoms with Gasteiger partial charge in [-0.05, 0) is 6.42 Å². The summed E-state index contributed by atoms with van der Waals surface area (Å²) in [6.45, 7) is 1.58. The van der Waals surface area contributed by atoms with E-state index >= 15 is 0 Å². The molecule has 0 aliphatic carbocycles. The van der Waals surface area contributed by atoms with Crippen LogP contribution < -0.4 is 0 Å². The first kappa shape index (κ1) is 18.4. The van der Waals surface area contributed by atoms with E-state index in [0.29, 0.717) is 6.42 Å². The lowest BCUT2D eigenvalue weighted by Crippen LogP contribution is -2.25. The minimum Gasteiger partial charge on any atom is -0.457 e. The van der Waals surface area contributed by atoms with Crippen LogP contribution in [0.3, 0.4) is 0 Å². The Balaban J connectivity index is 3.27. The Morgan fingerprint density at radius 3 is 1.84 bits per heavy atom. The van der Waals surface area contributed by atoms with Crippen LogP contribution in [0.2, 0.25) is 0 Å². The summed E-state index contributed by atoms with van der Waals surface area (Å²) in [5.41, 5.74) is 0. The van der Waals surface area contributed by atoms with Gasteiger partial charge >= 0.3 is 5.97 Å².